The smallest absolute Gasteiger partial charge is 0.326 e. The van der Waals surface area contributed by atoms with Crippen LogP contribution in [0.25, 0.3) is 0 Å². The largest absolute Gasteiger partial charge is 0.480 e. The zero-order chi connectivity index (χ0) is 22.3. The fourth-order valence-electron chi connectivity index (χ4n) is 5.05. The fraction of sp³-hybridized carbons (Fsp3) is 0.870. The minimum Gasteiger partial charge on any atom is -0.480 e. The second-order valence-electron chi connectivity index (χ2n) is 9.74. The Kier molecular flexibility index (Phi) is 9.59. The summed E-state index contributed by atoms with van der Waals surface area (Å²) in [7, 11) is 1.55. The Bertz CT molecular complexity index is 583. The summed E-state index contributed by atoms with van der Waals surface area (Å²) in [5.74, 6) is -1.25. The molecule has 0 aromatic carbocycles. The van der Waals surface area contributed by atoms with Crippen molar-refractivity contribution >= 4 is 17.8 Å². The van der Waals surface area contributed by atoms with Crippen molar-refractivity contribution in [3.05, 3.63) is 0 Å². The minimum absolute atomic E-state index is 0.0321. The third kappa shape index (κ3) is 6.69. The van der Waals surface area contributed by atoms with E-state index in [-0.39, 0.29) is 29.6 Å². The van der Waals surface area contributed by atoms with Crippen LogP contribution in [0.4, 0.5) is 0 Å². The summed E-state index contributed by atoms with van der Waals surface area (Å²) in [4.78, 5) is 39.5. The monoisotopic (exact) mass is 423 g/mol. The number of hydrogen-bond acceptors (Lipinski definition) is 4. The Balaban J connectivity index is 2.15. The molecule has 30 heavy (non-hydrogen) atoms. The lowest BCUT2D eigenvalue weighted by Crippen LogP contribution is -2.58. The number of nitrogens with two attached hydrogens (primary N) is 1. The highest BCUT2D eigenvalue weighted by Gasteiger charge is 2.38. The van der Waals surface area contributed by atoms with Gasteiger partial charge in [0, 0.05) is 7.05 Å². The number of rotatable bonds is 9. The summed E-state index contributed by atoms with van der Waals surface area (Å²) < 4.78 is 0. The summed E-state index contributed by atoms with van der Waals surface area (Å²) in [5, 5.41) is 12.6. The van der Waals surface area contributed by atoms with Gasteiger partial charge in [-0.15, -0.1) is 0 Å². The van der Waals surface area contributed by atoms with Crippen molar-refractivity contribution in [3.8, 4) is 0 Å². The fourth-order valence-corrected chi connectivity index (χ4v) is 5.05. The second kappa shape index (κ2) is 11.7. The molecule has 0 aromatic rings. The number of carboxylic acid groups (broad SMARTS) is 1. The third-order valence-corrected chi connectivity index (χ3v) is 6.94. The van der Waals surface area contributed by atoms with Crippen molar-refractivity contribution in [2.24, 2.45) is 23.5 Å². The van der Waals surface area contributed by atoms with E-state index in [1.165, 1.54) is 11.3 Å². The van der Waals surface area contributed by atoms with Gasteiger partial charge in [0.15, 0.2) is 0 Å². The molecule has 3 atom stereocenters. The number of hydrogen-bond donors (Lipinski definition) is 3. The molecule has 0 unspecified atom stereocenters. The van der Waals surface area contributed by atoms with Crippen molar-refractivity contribution < 1.29 is 19.5 Å². The average Bonchev–Trinajstić information content (AvgIpc) is 2.75. The highest BCUT2D eigenvalue weighted by Crippen LogP contribution is 2.29. The molecule has 2 aliphatic rings. The molecule has 0 radical (unpaired) electrons. The van der Waals surface area contributed by atoms with Crippen LogP contribution in [0.2, 0.25) is 0 Å². The molecule has 0 heterocycles. The SMILES string of the molecule is CC(C)C[C@H](C(=O)O)N(C)C(=O)[C@H](NC(=O)[C@H](N)C1CCCCC1)C1CCCCC1. The summed E-state index contributed by atoms with van der Waals surface area (Å²) in [6.45, 7) is 3.88. The summed E-state index contributed by atoms with van der Waals surface area (Å²) >= 11 is 0. The van der Waals surface area contributed by atoms with Crippen LogP contribution >= 0.6 is 0 Å². The molecule has 0 aromatic heterocycles. The summed E-state index contributed by atoms with van der Waals surface area (Å²) in [6.07, 6.45) is 10.6. The van der Waals surface area contributed by atoms with E-state index >= 15 is 0 Å². The molecule has 172 valence electrons. The van der Waals surface area contributed by atoms with Gasteiger partial charge in [-0.05, 0) is 49.9 Å². The van der Waals surface area contributed by atoms with E-state index in [4.69, 9.17) is 5.73 Å². The number of nitrogens with one attached hydrogen (secondary N) is 1. The quantitative estimate of drug-likeness (QED) is 0.528. The Morgan fingerprint density at radius 1 is 0.967 bits per heavy atom. The highest BCUT2D eigenvalue weighted by atomic mass is 16.4. The molecule has 0 saturated heterocycles. The van der Waals surface area contributed by atoms with E-state index in [9.17, 15) is 19.5 Å². The van der Waals surface area contributed by atoms with E-state index in [0.717, 1.165) is 57.8 Å². The number of carbonyl (C=O) groups excluding carboxylic acids is 2. The number of carbonyl (C=O) groups is 3. The molecule has 7 heteroatoms. The van der Waals surface area contributed by atoms with Gasteiger partial charge in [-0.3, -0.25) is 9.59 Å². The van der Waals surface area contributed by atoms with Crippen molar-refractivity contribution in [1.82, 2.24) is 10.2 Å². The molecule has 2 fully saturated rings. The molecular weight excluding hydrogens is 382 g/mol. The average molecular weight is 424 g/mol. The van der Waals surface area contributed by atoms with Gasteiger partial charge < -0.3 is 21.1 Å². The first-order valence-corrected chi connectivity index (χ1v) is 11.8. The zero-order valence-electron chi connectivity index (χ0n) is 18.9. The molecule has 2 rings (SSSR count). The van der Waals surface area contributed by atoms with E-state index in [1.807, 2.05) is 13.8 Å². The highest BCUT2D eigenvalue weighted by molar-refractivity contribution is 5.92. The number of carboxylic acids is 1. The van der Waals surface area contributed by atoms with Crippen LogP contribution < -0.4 is 11.1 Å². The molecule has 0 aliphatic heterocycles. The van der Waals surface area contributed by atoms with Crippen LogP contribution in [0.1, 0.15) is 84.5 Å². The topological polar surface area (TPSA) is 113 Å². The van der Waals surface area contributed by atoms with Crippen LogP contribution in [0.3, 0.4) is 0 Å². The van der Waals surface area contributed by atoms with Crippen LogP contribution in [0.5, 0.6) is 0 Å². The van der Waals surface area contributed by atoms with Gasteiger partial charge in [0.25, 0.3) is 0 Å². The molecule has 4 N–H and O–H groups in total. The van der Waals surface area contributed by atoms with Crippen molar-refractivity contribution in [2.45, 2.75) is 103 Å². The lowest BCUT2D eigenvalue weighted by molar-refractivity contribution is -0.151. The first kappa shape index (κ1) is 24.6. The first-order chi connectivity index (χ1) is 14.2. The Labute approximate surface area is 181 Å². The third-order valence-electron chi connectivity index (χ3n) is 6.94. The summed E-state index contributed by atoms with van der Waals surface area (Å²) in [5.41, 5.74) is 6.29. The van der Waals surface area contributed by atoms with Gasteiger partial charge in [0.2, 0.25) is 11.8 Å². The maximum atomic E-state index is 13.4. The number of aliphatic carboxylic acids is 1. The normalized spacial score (nSPS) is 21.6. The van der Waals surface area contributed by atoms with E-state index in [2.05, 4.69) is 5.32 Å². The van der Waals surface area contributed by atoms with Gasteiger partial charge in [0.1, 0.15) is 12.1 Å². The Morgan fingerprint density at radius 2 is 1.47 bits per heavy atom. The van der Waals surface area contributed by atoms with Gasteiger partial charge in [0.05, 0.1) is 6.04 Å². The number of likely N-dealkylation sites (N-methyl/N-ethyl adjacent to an activating group) is 1. The second-order valence-corrected chi connectivity index (χ2v) is 9.74. The molecule has 7 nitrogen and oxygen atoms in total. The maximum Gasteiger partial charge on any atom is 0.326 e. The maximum absolute atomic E-state index is 13.4. The molecule has 2 amide bonds. The standard InChI is InChI=1S/C23H41N3O4/c1-15(2)14-18(23(29)30)26(3)22(28)20(17-12-8-5-9-13-17)25-21(27)19(24)16-10-6-4-7-11-16/h15-20H,4-14,24H2,1-3H3,(H,25,27)(H,29,30)/t18-,19-,20-/m1/s1. The van der Waals surface area contributed by atoms with E-state index < -0.39 is 24.1 Å². The lowest BCUT2D eigenvalue weighted by atomic mass is 9.81. The molecule has 2 aliphatic carbocycles. The van der Waals surface area contributed by atoms with Crippen LogP contribution in [-0.2, 0) is 14.4 Å². The lowest BCUT2D eigenvalue weighted by Gasteiger charge is -2.36. The Hall–Kier alpha value is -1.63. The molecule has 2 saturated carbocycles. The van der Waals surface area contributed by atoms with E-state index in [0.29, 0.717) is 6.42 Å². The van der Waals surface area contributed by atoms with Crippen molar-refractivity contribution in [2.75, 3.05) is 7.05 Å². The molecular formula is C23H41N3O4. The Morgan fingerprint density at radius 3 is 1.93 bits per heavy atom. The van der Waals surface area contributed by atoms with Crippen LogP contribution in [0.15, 0.2) is 0 Å². The van der Waals surface area contributed by atoms with Gasteiger partial charge >= 0.3 is 5.97 Å². The van der Waals surface area contributed by atoms with Gasteiger partial charge in [-0.1, -0.05) is 52.4 Å². The predicted octanol–water partition coefficient (Wildman–Crippen LogP) is 2.92. The zero-order valence-corrected chi connectivity index (χ0v) is 18.9. The van der Waals surface area contributed by atoms with Gasteiger partial charge in [-0.2, -0.15) is 0 Å². The van der Waals surface area contributed by atoms with Crippen molar-refractivity contribution in [3.63, 3.8) is 0 Å². The van der Waals surface area contributed by atoms with Gasteiger partial charge in [-0.25, -0.2) is 4.79 Å². The minimum atomic E-state index is -1.01. The summed E-state index contributed by atoms with van der Waals surface area (Å²) in [6, 6.07) is -2.21. The predicted molar refractivity (Wildman–Crippen MR) is 117 cm³/mol. The number of nitrogens with zero attached hydrogens (tertiary/aromatic N) is 1. The first-order valence-electron chi connectivity index (χ1n) is 11.8. The molecule has 0 spiro atoms. The number of amides is 2. The molecule has 0 bridgehead atoms. The van der Waals surface area contributed by atoms with E-state index in [1.54, 1.807) is 7.05 Å². The van der Waals surface area contributed by atoms with Crippen molar-refractivity contribution in [1.29, 1.82) is 0 Å². The van der Waals surface area contributed by atoms with Crippen LogP contribution in [-0.4, -0.2) is 53.0 Å². The van der Waals surface area contributed by atoms with Crippen LogP contribution in [0, 0.1) is 17.8 Å².